The Labute approximate surface area is 247 Å². The van der Waals surface area contributed by atoms with Gasteiger partial charge in [0.2, 0.25) is 5.91 Å². The third-order valence-electron chi connectivity index (χ3n) is 10.4. The van der Waals surface area contributed by atoms with Gasteiger partial charge in [-0.05, 0) is 88.6 Å². The van der Waals surface area contributed by atoms with E-state index in [4.69, 9.17) is 14.7 Å². The van der Waals surface area contributed by atoms with Crippen LogP contribution in [0.15, 0.2) is 18.2 Å². The molecule has 4 heterocycles. The van der Waals surface area contributed by atoms with Crippen molar-refractivity contribution in [2.75, 3.05) is 27.2 Å². The first-order valence-electron chi connectivity index (χ1n) is 15.8. The first-order chi connectivity index (χ1) is 20.3. The van der Waals surface area contributed by atoms with E-state index in [1.54, 1.807) is 7.11 Å². The third-order valence-corrected chi connectivity index (χ3v) is 10.4. The molecule has 1 saturated heterocycles. The summed E-state index contributed by atoms with van der Waals surface area (Å²) >= 11 is 0. The van der Waals surface area contributed by atoms with Gasteiger partial charge in [0.05, 0.1) is 29.8 Å². The highest BCUT2D eigenvalue weighted by atomic mass is 16.5. The molecule has 1 aliphatic heterocycles. The van der Waals surface area contributed by atoms with E-state index in [0.29, 0.717) is 18.4 Å². The van der Waals surface area contributed by atoms with E-state index in [0.717, 1.165) is 90.0 Å². The number of likely N-dealkylation sites (N-methyl/N-ethyl adjacent to an activating group) is 1. The minimum atomic E-state index is -0.927. The van der Waals surface area contributed by atoms with Crippen LogP contribution in [0.4, 0.5) is 0 Å². The summed E-state index contributed by atoms with van der Waals surface area (Å²) in [5, 5.41) is 17.6. The van der Waals surface area contributed by atoms with Gasteiger partial charge in [-0.25, -0.2) is 9.97 Å². The molecule has 42 heavy (non-hydrogen) atoms. The lowest BCUT2D eigenvalue weighted by Gasteiger charge is -2.38. The van der Waals surface area contributed by atoms with Crippen LogP contribution in [0, 0.1) is 17.8 Å². The second-order valence-electron chi connectivity index (χ2n) is 13.2. The van der Waals surface area contributed by atoms with Gasteiger partial charge in [0.25, 0.3) is 0 Å². The highest BCUT2D eigenvalue weighted by Gasteiger charge is 2.39. The predicted molar refractivity (Wildman–Crippen MR) is 162 cm³/mol. The topological polar surface area (TPSA) is 97.4 Å². The molecule has 224 valence electrons. The fraction of sp³-hybridized carbons (Fsp3) is 0.606. The van der Waals surface area contributed by atoms with E-state index < -0.39 is 5.60 Å². The second-order valence-corrected chi connectivity index (χ2v) is 13.2. The molecule has 2 N–H and O–H groups in total. The molecule has 0 bridgehead atoms. The molecule has 4 aliphatic rings. The van der Waals surface area contributed by atoms with Crippen molar-refractivity contribution < 1.29 is 14.6 Å². The van der Waals surface area contributed by atoms with Crippen molar-refractivity contribution in [3.63, 3.8) is 0 Å². The number of carbonyl (C=O) groups is 1. The quantitative estimate of drug-likeness (QED) is 0.431. The Kier molecular flexibility index (Phi) is 6.93. The molecule has 3 unspecified atom stereocenters. The predicted octanol–water partition coefficient (Wildman–Crippen LogP) is 2.62. The Hall–Kier alpha value is -3.17. The Bertz CT molecular complexity index is 1640. The summed E-state index contributed by atoms with van der Waals surface area (Å²) in [7, 11) is 5.71. The smallest absolute Gasteiger partial charge is 0.230 e. The molecule has 9 nitrogen and oxygen atoms in total. The third kappa shape index (κ3) is 4.65. The normalized spacial score (nSPS) is 24.2. The molecular weight excluding hydrogens is 528 g/mol. The number of hydrogen-bond acceptors (Lipinski definition) is 6. The molecule has 1 amide bonds. The molecule has 3 aromatic rings. The van der Waals surface area contributed by atoms with Crippen molar-refractivity contribution in [1.82, 2.24) is 29.3 Å². The van der Waals surface area contributed by atoms with Gasteiger partial charge in [-0.2, -0.15) is 0 Å². The molecule has 3 fully saturated rings. The molecule has 2 saturated carbocycles. The Morgan fingerprint density at radius 2 is 1.98 bits per heavy atom. The van der Waals surface area contributed by atoms with Gasteiger partial charge < -0.3 is 29.2 Å². The Morgan fingerprint density at radius 1 is 1.17 bits per heavy atom. The molecule has 3 aromatic heterocycles. The average molecular weight is 573 g/mol. The maximum Gasteiger partial charge on any atom is 0.230 e. The lowest BCUT2D eigenvalue weighted by molar-refractivity contribution is -0.134. The van der Waals surface area contributed by atoms with Crippen LogP contribution in [0.3, 0.4) is 0 Å². The van der Waals surface area contributed by atoms with Crippen LogP contribution in [-0.2, 0) is 28.7 Å². The van der Waals surface area contributed by atoms with Crippen LogP contribution in [0.1, 0.15) is 64.0 Å². The maximum atomic E-state index is 13.7. The first-order valence-corrected chi connectivity index (χ1v) is 15.8. The zero-order valence-electron chi connectivity index (χ0n) is 25.4. The van der Waals surface area contributed by atoms with Crippen LogP contribution < -0.4 is 16.0 Å². The number of likely N-dealkylation sites (tertiary alicyclic amines) is 1. The monoisotopic (exact) mass is 572 g/mol. The number of amides is 1. The summed E-state index contributed by atoms with van der Waals surface area (Å²) < 4.78 is 10.3. The number of nitrogens with one attached hydrogen (secondary N) is 1. The molecule has 3 aliphatic carbocycles. The van der Waals surface area contributed by atoms with Crippen molar-refractivity contribution in [2.24, 2.45) is 24.8 Å². The standard InChI is InChI=1S/C33H44N6O3/c1-33(41,23-7-5-8-23)28-13-12-21-16-26(39(30(21)36-28)18-20-10-11-20)31-35-25-15-22(17-27(42-4)29(25)37(31)3)32(40)38-14-6-9-24(19-38)34-2/h12-13,15-16,20,22-24,34,41H,5-11,14,17-19H2,1-4H3. The molecule has 7 rings (SSSR count). The lowest BCUT2D eigenvalue weighted by Crippen LogP contribution is -2.49. The fourth-order valence-electron chi connectivity index (χ4n) is 7.24. The van der Waals surface area contributed by atoms with E-state index in [1.807, 2.05) is 38.1 Å². The number of fused-ring (bicyclic) bond motifs is 2. The van der Waals surface area contributed by atoms with Crippen LogP contribution in [-0.4, -0.2) is 68.3 Å². The summed E-state index contributed by atoms with van der Waals surface area (Å²) in [6.07, 6.45) is 10.4. The van der Waals surface area contributed by atoms with Crippen molar-refractivity contribution in [1.29, 1.82) is 0 Å². The van der Waals surface area contributed by atoms with Crippen LogP contribution in [0.2, 0.25) is 0 Å². The number of aliphatic hydroxyl groups is 1. The van der Waals surface area contributed by atoms with E-state index in [9.17, 15) is 9.90 Å². The van der Waals surface area contributed by atoms with Gasteiger partial charge in [-0.15, -0.1) is 0 Å². The number of pyridine rings is 1. The van der Waals surface area contributed by atoms with Crippen LogP contribution in [0.25, 0.3) is 34.4 Å². The molecular formula is C33H44N6O3. The van der Waals surface area contributed by atoms with Crippen molar-refractivity contribution in [3.8, 4) is 11.5 Å². The van der Waals surface area contributed by atoms with E-state index in [2.05, 4.69) is 26.6 Å². The number of hydrogen-bond donors (Lipinski definition) is 2. The number of carbonyl (C=O) groups excluding carboxylic acids is 1. The van der Waals surface area contributed by atoms with Gasteiger partial charge >= 0.3 is 0 Å². The van der Waals surface area contributed by atoms with E-state index >= 15 is 0 Å². The summed E-state index contributed by atoms with van der Waals surface area (Å²) in [4.78, 5) is 25.9. The second kappa shape index (κ2) is 10.5. The highest BCUT2D eigenvalue weighted by molar-refractivity contribution is 5.86. The number of piperidine rings is 1. The highest BCUT2D eigenvalue weighted by Crippen LogP contribution is 2.42. The molecule has 0 aromatic carbocycles. The summed E-state index contributed by atoms with van der Waals surface area (Å²) in [6, 6.07) is 6.62. The van der Waals surface area contributed by atoms with Crippen molar-refractivity contribution >= 4 is 28.8 Å². The van der Waals surface area contributed by atoms with Gasteiger partial charge in [-0.3, -0.25) is 4.79 Å². The number of imidazole rings is 1. The molecule has 0 radical (unpaired) electrons. The largest absolute Gasteiger partial charge is 0.499 e. The van der Waals surface area contributed by atoms with Crippen molar-refractivity contribution in [2.45, 2.75) is 76.5 Å². The maximum absolute atomic E-state index is 13.7. The average Bonchev–Trinajstić information content (AvgIpc) is 3.64. The van der Waals surface area contributed by atoms with Gasteiger partial charge in [0.1, 0.15) is 22.4 Å². The number of nitrogens with zero attached hydrogens (tertiary/aromatic N) is 5. The first kappa shape index (κ1) is 27.7. The van der Waals surface area contributed by atoms with Gasteiger partial charge in [0, 0.05) is 44.5 Å². The number of aromatic nitrogens is 4. The zero-order chi connectivity index (χ0) is 29.2. The van der Waals surface area contributed by atoms with Crippen LogP contribution in [0.5, 0.6) is 0 Å². The summed E-state index contributed by atoms with van der Waals surface area (Å²) in [6.45, 7) is 4.34. The van der Waals surface area contributed by atoms with Gasteiger partial charge in [-0.1, -0.05) is 6.42 Å². The van der Waals surface area contributed by atoms with Crippen LogP contribution >= 0.6 is 0 Å². The molecule has 3 atom stereocenters. The van der Waals surface area contributed by atoms with E-state index in [-0.39, 0.29) is 17.7 Å². The minimum absolute atomic E-state index is 0.153. The summed E-state index contributed by atoms with van der Waals surface area (Å²) in [5.74, 6) is 2.40. The number of ether oxygens (including phenoxy) is 1. The summed E-state index contributed by atoms with van der Waals surface area (Å²) in [5.41, 5.74) is 1.75. The number of rotatable bonds is 8. The Morgan fingerprint density at radius 3 is 2.67 bits per heavy atom. The fourth-order valence-corrected chi connectivity index (χ4v) is 7.24. The SMILES string of the molecule is CNC1CCCN(C(=O)C2C=c3nc(-c4cc5ccc(C(C)(O)C6CCC6)nc5n4CC4CC4)n(C)c3=C(OC)C2)C1. The zero-order valence-corrected chi connectivity index (χ0v) is 25.4. The molecule has 9 heteroatoms. The molecule has 0 spiro atoms. The minimum Gasteiger partial charge on any atom is -0.499 e. The Balaban J connectivity index is 1.30. The van der Waals surface area contributed by atoms with Gasteiger partial charge in [0.15, 0.2) is 5.82 Å². The van der Waals surface area contributed by atoms with Crippen molar-refractivity contribution in [3.05, 3.63) is 34.6 Å². The lowest BCUT2D eigenvalue weighted by atomic mass is 9.72. The number of methoxy groups -OCH3 is 1. The van der Waals surface area contributed by atoms with E-state index in [1.165, 1.54) is 19.3 Å².